The lowest BCUT2D eigenvalue weighted by atomic mass is 10.1. The van der Waals surface area contributed by atoms with Crippen molar-refractivity contribution in [3.05, 3.63) is 92.9 Å². The maximum absolute atomic E-state index is 13.7. The Bertz CT molecular complexity index is 1400. The summed E-state index contributed by atoms with van der Waals surface area (Å²) in [5.41, 5.74) is 2.22. The molecule has 39 heavy (non-hydrogen) atoms. The van der Waals surface area contributed by atoms with Gasteiger partial charge in [-0.1, -0.05) is 40.9 Å². The summed E-state index contributed by atoms with van der Waals surface area (Å²) in [5.74, 6) is -1.16. The number of thiocarbonyl (C=S) groups is 1. The number of amides is 2. The standard InChI is InChI=1S/C28H24Cl3N3O4S/c1-2-38-27(37)18-4-11-22(12-5-18)34-26(36)24(16-25(35)32-21-9-7-19(29)8-10-21)33(28(34)39)14-13-17-3-6-20(30)15-23(17)31/h3-12,15,24H,2,13-14,16H2,1H3,(H,32,35)/t24-/m1/s1. The Hall–Kier alpha value is -3.17. The van der Waals surface area contributed by atoms with Crippen molar-refractivity contribution in [3.8, 4) is 0 Å². The quantitative estimate of drug-likeness (QED) is 0.225. The first-order valence-electron chi connectivity index (χ1n) is 12.1. The van der Waals surface area contributed by atoms with E-state index in [1.807, 2.05) is 6.07 Å². The number of carbonyl (C=O) groups excluding carboxylic acids is 3. The molecule has 0 aliphatic carbocycles. The molecule has 0 unspecified atom stereocenters. The molecule has 0 radical (unpaired) electrons. The highest BCUT2D eigenvalue weighted by molar-refractivity contribution is 7.80. The van der Waals surface area contributed by atoms with E-state index in [-0.39, 0.29) is 30.0 Å². The molecule has 202 valence electrons. The zero-order chi connectivity index (χ0) is 28.1. The van der Waals surface area contributed by atoms with Crippen molar-refractivity contribution in [2.75, 3.05) is 23.4 Å². The van der Waals surface area contributed by atoms with E-state index < -0.39 is 12.0 Å². The van der Waals surface area contributed by atoms with Crippen molar-refractivity contribution < 1.29 is 19.1 Å². The van der Waals surface area contributed by atoms with Crippen LogP contribution in [0.1, 0.15) is 29.3 Å². The maximum Gasteiger partial charge on any atom is 0.338 e. The highest BCUT2D eigenvalue weighted by atomic mass is 35.5. The number of hydrogen-bond acceptors (Lipinski definition) is 5. The topological polar surface area (TPSA) is 78.9 Å². The summed E-state index contributed by atoms with van der Waals surface area (Å²) in [4.78, 5) is 41.8. The fourth-order valence-electron chi connectivity index (χ4n) is 4.17. The van der Waals surface area contributed by atoms with E-state index in [9.17, 15) is 14.4 Å². The second kappa shape index (κ2) is 12.8. The van der Waals surface area contributed by atoms with Gasteiger partial charge in [-0.05, 0) is 91.8 Å². The van der Waals surface area contributed by atoms with Gasteiger partial charge < -0.3 is 15.0 Å². The zero-order valence-electron chi connectivity index (χ0n) is 20.8. The largest absolute Gasteiger partial charge is 0.462 e. The second-order valence-corrected chi connectivity index (χ2v) is 10.3. The third-order valence-corrected chi connectivity index (χ3v) is 7.36. The first kappa shape index (κ1) is 28.8. The van der Waals surface area contributed by atoms with Crippen LogP contribution in [0.15, 0.2) is 66.7 Å². The molecule has 1 N–H and O–H groups in total. The summed E-state index contributed by atoms with van der Waals surface area (Å²) in [5, 5.41) is 4.61. The molecule has 0 bridgehead atoms. The zero-order valence-corrected chi connectivity index (χ0v) is 23.9. The Morgan fingerprint density at radius 2 is 1.64 bits per heavy atom. The lowest BCUT2D eigenvalue weighted by Crippen LogP contribution is -2.39. The SMILES string of the molecule is CCOC(=O)c1ccc(N2C(=O)[C@@H](CC(=O)Nc3ccc(Cl)cc3)N(CCc3ccc(Cl)cc3Cl)C2=S)cc1. The number of hydrogen-bond donors (Lipinski definition) is 1. The lowest BCUT2D eigenvalue weighted by Gasteiger charge is -2.24. The van der Waals surface area contributed by atoms with Gasteiger partial charge in [0.05, 0.1) is 24.3 Å². The summed E-state index contributed by atoms with van der Waals surface area (Å²) < 4.78 is 5.04. The number of nitrogens with one attached hydrogen (secondary N) is 1. The van der Waals surface area contributed by atoms with Crippen molar-refractivity contribution in [2.24, 2.45) is 0 Å². The van der Waals surface area contributed by atoms with Crippen LogP contribution in [-0.2, 0) is 20.7 Å². The minimum absolute atomic E-state index is 0.132. The molecule has 2 amide bonds. The molecule has 0 spiro atoms. The second-order valence-electron chi connectivity index (χ2n) is 8.68. The minimum atomic E-state index is -0.847. The number of rotatable bonds is 9. The monoisotopic (exact) mass is 603 g/mol. The smallest absolute Gasteiger partial charge is 0.338 e. The van der Waals surface area contributed by atoms with Gasteiger partial charge in [0.15, 0.2) is 5.11 Å². The number of esters is 1. The van der Waals surface area contributed by atoms with Crippen LogP contribution in [-0.4, -0.2) is 47.0 Å². The highest BCUT2D eigenvalue weighted by Gasteiger charge is 2.44. The van der Waals surface area contributed by atoms with Gasteiger partial charge in [0.1, 0.15) is 6.04 Å². The van der Waals surface area contributed by atoms with E-state index in [0.717, 1.165) is 5.56 Å². The number of nitrogens with zero attached hydrogens (tertiary/aromatic N) is 2. The molecule has 1 fully saturated rings. The fourth-order valence-corrected chi connectivity index (χ4v) is 5.22. The number of ether oxygens (including phenoxy) is 1. The van der Waals surface area contributed by atoms with Crippen LogP contribution in [0.2, 0.25) is 15.1 Å². The molecule has 0 saturated carbocycles. The molecule has 1 aliphatic rings. The van der Waals surface area contributed by atoms with Crippen LogP contribution >= 0.6 is 47.0 Å². The average Bonchev–Trinajstić information content (AvgIpc) is 3.13. The predicted molar refractivity (Wildman–Crippen MR) is 158 cm³/mol. The first-order valence-corrected chi connectivity index (χ1v) is 13.6. The normalized spacial score (nSPS) is 15.0. The molecule has 3 aromatic rings. The van der Waals surface area contributed by atoms with E-state index in [4.69, 9.17) is 51.8 Å². The van der Waals surface area contributed by atoms with Crippen molar-refractivity contribution in [1.29, 1.82) is 0 Å². The molecule has 1 aliphatic heterocycles. The van der Waals surface area contributed by atoms with Crippen LogP contribution in [0.3, 0.4) is 0 Å². The Labute approximate surface area is 246 Å². The fraction of sp³-hybridized carbons (Fsp3) is 0.214. The van der Waals surface area contributed by atoms with Crippen LogP contribution in [0.4, 0.5) is 11.4 Å². The number of anilines is 2. The summed E-state index contributed by atoms with van der Waals surface area (Å²) in [7, 11) is 0. The van der Waals surface area contributed by atoms with Crippen LogP contribution in [0.25, 0.3) is 0 Å². The molecule has 7 nitrogen and oxygen atoms in total. The van der Waals surface area contributed by atoms with E-state index in [1.54, 1.807) is 72.5 Å². The van der Waals surface area contributed by atoms with Crippen molar-refractivity contribution in [3.63, 3.8) is 0 Å². The van der Waals surface area contributed by atoms with E-state index in [1.165, 1.54) is 4.90 Å². The minimum Gasteiger partial charge on any atom is -0.462 e. The average molecular weight is 605 g/mol. The van der Waals surface area contributed by atoms with Crippen molar-refractivity contribution >= 4 is 81.3 Å². The maximum atomic E-state index is 13.7. The van der Waals surface area contributed by atoms with Gasteiger partial charge in [0.25, 0.3) is 5.91 Å². The molecule has 11 heteroatoms. The van der Waals surface area contributed by atoms with Crippen LogP contribution < -0.4 is 10.2 Å². The Kier molecular flexibility index (Phi) is 9.45. The van der Waals surface area contributed by atoms with Crippen molar-refractivity contribution in [2.45, 2.75) is 25.8 Å². The summed E-state index contributed by atoms with van der Waals surface area (Å²) in [6, 6.07) is 17.4. The summed E-state index contributed by atoms with van der Waals surface area (Å²) >= 11 is 24.1. The predicted octanol–water partition coefficient (Wildman–Crippen LogP) is 6.40. The van der Waals surface area contributed by atoms with Crippen LogP contribution in [0.5, 0.6) is 0 Å². The Morgan fingerprint density at radius 1 is 0.974 bits per heavy atom. The van der Waals surface area contributed by atoms with Crippen molar-refractivity contribution in [1.82, 2.24) is 4.90 Å². The Morgan fingerprint density at radius 3 is 2.28 bits per heavy atom. The molecular formula is C28H24Cl3N3O4S. The van der Waals surface area contributed by atoms with E-state index in [0.29, 0.717) is 45.0 Å². The molecular weight excluding hydrogens is 581 g/mol. The lowest BCUT2D eigenvalue weighted by molar-refractivity contribution is -0.124. The summed E-state index contributed by atoms with van der Waals surface area (Å²) in [6.07, 6.45) is 0.335. The van der Waals surface area contributed by atoms with Gasteiger partial charge in [0, 0.05) is 27.3 Å². The molecule has 1 saturated heterocycles. The van der Waals surface area contributed by atoms with Gasteiger partial charge in [-0.3, -0.25) is 14.5 Å². The van der Waals surface area contributed by atoms with E-state index >= 15 is 0 Å². The molecule has 1 heterocycles. The Balaban J connectivity index is 1.57. The highest BCUT2D eigenvalue weighted by Crippen LogP contribution is 2.29. The summed E-state index contributed by atoms with van der Waals surface area (Å²) in [6.45, 7) is 2.31. The third-order valence-electron chi connectivity index (χ3n) is 6.10. The van der Waals surface area contributed by atoms with Gasteiger partial charge in [-0.15, -0.1) is 0 Å². The van der Waals surface area contributed by atoms with E-state index in [2.05, 4.69) is 5.32 Å². The third kappa shape index (κ3) is 6.89. The van der Waals surface area contributed by atoms with Crippen LogP contribution in [0, 0.1) is 0 Å². The van der Waals surface area contributed by atoms with Gasteiger partial charge in [0.2, 0.25) is 5.91 Å². The molecule has 3 aromatic carbocycles. The number of benzene rings is 3. The number of halogens is 3. The first-order chi connectivity index (χ1) is 18.7. The number of carbonyl (C=O) groups is 3. The molecule has 0 aromatic heterocycles. The molecule has 1 atom stereocenters. The van der Waals surface area contributed by atoms with Gasteiger partial charge in [-0.25, -0.2) is 4.79 Å². The van der Waals surface area contributed by atoms with Gasteiger partial charge >= 0.3 is 5.97 Å². The van der Waals surface area contributed by atoms with Gasteiger partial charge in [-0.2, -0.15) is 0 Å². The molecule has 4 rings (SSSR count).